The van der Waals surface area contributed by atoms with Crippen LogP contribution in [0.3, 0.4) is 0 Å². The third-order valence-electron chi connectivity index (χ3n) is 2.53. The number of nitrogens with one attached hydrogen (secondary N) is 2. The maximum Gasteiger partial charge on any atom is 0.322 e. The van der Waals surface area contributed by atoms with Gasteiger partial charge in [0.25, 0.3) is 0 Å². The van der Waals surface area contributed by atoms with E-state index in [1.54, 1.807) is 7.05 Å². The molecule has 0 aromatic rings. The van der Waals surface area contributed by atoms with Gasteiger partial charge in [0.2, 0.25) is 5.91 Å². The first kappa shape index (κ1) is 14.9. The number of amides is 1. The summed E-state index contributed by atoms with van der Waals surface area (Å²) in [6.07, 6.45) is 0.635. The molecule has 94 valence electrons. The molecule has 1 unspecified atom stereocenters. The summed E-state index contributed by atoms with van der Waals surface area (Å²) in [6.45, 7) is 5.97. The van der Waals surface area contributed by atoms with Crippen LogP contribution in [0.2, 0.25) is 0 Å². The van der Waals surface area contributed by atoms with Crippen molar-refractivity contribution in [3.63, 3.8) is 0 Å². The Morgan fingerprint density at radius 3 is 2.31 bits per heavy atom. The molecule has 0 aromatic heterocycles. The Balaban J connectivity index is 4.30. The van der Waals surface area contributed by atoms with E-state index >= 15 is 0 Å². The van der Waals surface area contributed by atoms with Crippen LogP contribution < -0.4 is 10.6 Å². The van der Waals surface area contributed by atoms with Crippen molar-refractivity contribution in [3.8, 4) is 0 Å². The first-order chi connectivity index (χ1) is 7.38. The second-order valence-electron chi connectivity index (χ2n) is 4.33. The Hall–Kier alpha value is -1.10. The van der Waals surface area contributed by atoms with Crippen LogP contribution in [0.15, 0.2) is 0 Å². The van der Waals surface area contributed by atoms with Crippen molar-refractivity contribution in [3.05, 3.63) is 0 Å². The molecule has 0 aliphatic heterocycles. The molecule has 2 N–H and O–H groups in total. The fraction of sp³-hybridized carbons (Fsp3) is 0.818. The summed E-state index contributed by atoms with van der Waals surface area (Å²) >= 11 is 0. The number of esters is 1. The number of hydrogen-bond acceptors (Lipinski definition) is 4. The normalized spacial score (nSPS) is 13.1. The summed E-state index contributed by atoms with van der Waals surface area (Å²) in [4.78, 5) is 22.8. The van der Waals surface area contributed by atoms with E-state index in [1.165, 1.54) is 7.11 Å². The monoisotopic (exact) mass is 230 g/mol. The van der Waals surface area contributed by atoms with E-state index in [9.17, 15) is 9.59 Å². The summed E-state index contributed by atoms with van der Waals surface area (Å²) in [5, 5.41) is 5.64. The molecule has 0 bridgehead atoms. The number of hydrogen-bond donors (Lipinski definition) is 2. The fourth-order valence-electron chi connectivity index (χ4n) is 1.33. The van der Waals surface area contributed by atoms with Crippen LogP contribution in [-0.4, -0.2) is 38.6 Å². The highest BCUT2D eigenvalue weighted by atomic mass is 16.5. The molecule has 16 heavy (non-hydrogen) atoms. The van der Waals surface area contributed by atoms with Gasteiger partial charge in [-0.2, -0.15) is 0 Å². The molecule has 1 amide bonds. The molecule has 5 nitrogen and oxygen atoms in total. The lowest BCUT2D eigenvalue weighted by atomic mass is 9.92. The average molecular weight is 230 g/mol. The van der Waals surface area contributed by atoms with E-state index in [-0.39, 0.29) is 17.9 Å². The van der Waals surface area contributed by atoms with Gasteiger partial charge in [0.05, 0.1) is 12.5 Å². The van der Waals surface area contributed by atoms with Gasteiger partial charge >= 0.3 is 5.97 Å². The lowest BCUT2D eigenvalue weighted by Gasteiger charge is -2.25. The lowest BCUT2D eigenvalue weighted by Crippen LogP contribution is -2.47. The molecule has 0 spiro atoms. The lowest BCUT2D eigenvalue weighted by molar-refractivity contribution is -0.143. The van der Waals surface area contributed by atoms with Crippen molar-refractivity contribution in [2.75, 3.05) is 20.7 Å². The number of rotatable bonds is 6. The van der Waals surface area contributed by atoms with Crippen LogP contribution in [-0.2, 0) is 14.3 Å². The van der Waals surface area contributed by atoms with Crippen LogP contribution in [0.1, 0.15) is 27.2 Å². The standard InChI is InChI=1S/C11H22N2O3/c1-6-8(9(14)16-5)13-7-11(2,3)10(15)12-4/h8,13H,6-7H2,1-5H3,(H,12,15). The van der Waals surface area contributed by atoms with Crippen LogP contribution in [0.5, 0.6) is 0 Å². The summed E-state index contributed by atoms with van der Waals surface area (Å²) in [5.41, 5.74) is -0.545. The molecule has 0 radical (unpaired) electrons. The number of ether oxygens (including phenoxy) is 1. The molecule has 1 atom stereocenters. The van der Waals surface area contributed by atoms with Crippen LogP contribution >= 0.6 is 0 Å². The van der Waals surface area contributed by atoms with Crippen LogP contribution in [0.4, 0.5) is 0 Å². The van der Waals surface area contributed by atoms with Gasteiger partial charge in [-0.3, -0.25) is 9.59 Å². The first-order valence-corrected chi connectivity index (χ1v) is 5.42. The fourth-order valence-corrected chi connectivity index (χ4v) is 1.33. The maximum absolute atomic E-state index is 11.5. The summed E-state index contributed by atoms with van der Waals surface area (Å²) in [7, 11) is 2.96. The highest BCUT2D eigenvalue weighted by Crippen LogP contribution is 2.13. The Labute approximate surface area is 96.9 Å². The molecular weight excluding hydrogens is 208 g/mol. The topological polar surface area (TPSA) is 67.4 Å². The molecule has 0 aliphatic rings. The molecule has 0 saturated carbocycles. The molecule has 0 fully saturated rings. The van der Waals surface area contributed by atoms with Gasteiger partial charge in [0.15, 0.2) is 0 Å². The zero-order valence-corrected chi connectivity index (χ0v) is 10.7. The largest absolute Gasteiger partial charge is 0.468 e. The van der Waals surface area contributed by atoms with E-state index in [4.69, 9.17) is 0 Å². The van der Waals surface area contributed by atoms with E-state index in [0.717, 1.165) is 0 Å². The predicted molar refractivity (Wildman–Crippen MR) is 61.9 cm³/mol. The Bertz CT molecular complexity index is 252. The zero-order chi connectivity index (χ0) is 12.8. The second-order valence-corrected chi connectivity index (χ2v) is 4.33. The Morgan fingerprint density at radius 1 is 1.38 bits per heavy atom. The smallest absolute Gasteiger partial charge is 0.322 e. The van der Waals surface area contributed by atoms with Gasteiger partial charge in [-0.05, 0) is 20.3 Å². The highest BCUT2D eigenvalue weighted by molar-refractivity contribution is 5.82. The summed E-state index contributed by atoms with van der Waals surface area (Å²) in [5.74, 6) is -0.352. The minimum Gasteiger partial charge on any atom is -0.468 e. The van der Waals surface area contributed by atoms with Gasteiger partial charge < -0.3 is 15.4 Å². The van der Waals surface area contributed by atoms with Gasteiger partial charge in [-0.1, -0.05) is 6.92 Å². The average Bonchev–Trinajstić information content (AvgIpc) is 2.27. The minimum atomic E-state index is -0.545. The van der Waals surface area contributed by atoms with Crippen molar-refractivity contribution in [1.29, 1.82) is 0 Å². The first-order valence-electron chi connectivity index (χ1n) is 5.42. The van der Waals surface area contributed by atoms with Gasteiger partial charge in [-0.25, -0.2) is 0 Å². The quantitative estimate of drug-likeness (QED) is 0.644. The van der Waals surface area contributed by atoms with Crippen molar-refractivity contribution in [1.82, 2.24) is 10.6 Å². The molecule has 0 heterocycles. The third kappa shape index (κ3) is 4.18. The second kappa shape index (κ2) is 6.48. The van der Waals surface area contributed by atoms with Crippen LogP contribution in [0, 0.1) is 5.41 Å². The molecule has 0 rings (SSSR count). The van der Waals surface area contributed by atoms with Crippen molar-refractivity contribution >= 4 is 11.9 Å². The van der Waals surface area contributed by atoms with E-state index in [1.807, 2.05) is 20.8 Å². The van der Waals surface area contributed by atoms with Gasteiger partial charge in [-0.15, -0.1) is 0 Å². The van der Waals surface area contributed by atoms with Gasteiger partial charge in [0.1, 0.15) is 6.04 Å². The highest BCUT2D eigenvalue weighted by Gasteiger charge is 2.28. The third-order valence-corrected chi connectivity index (χ3v) is 2.53. The minimum absolute atomic E-state index is 0.0558. The molecule has 0 aromatic carbocycles. The van der Waals surface area contributed by atoms with E-state index in [2.05, 4.69) is 15.4 Å². The number of carbonyl (C=O) groups is 2. The van der Waals surface area contributed by atoms with Gasteiger partial charge in [0, 0.05) is 13.6 Å². The molecule has 5 heteroatoms. The Kier molecular flexibility index (Phi) is 6.03. The SMILES string of the molecule is CCC(NCC(C)(C)C(=O)NC)C(=O)OC. The maximum atomic E-state index is 11.5. The van der Waals surface area contributed by atoms with Crippen molar-refractivity contribution < 1.29 is 14.3 Å². The van der Waals surface area contributed by atoms with E-state index in [0.29, 0.717) is 13.0 Å². The summed E-state index contributed by atoms with van der Waals surface area (Å²) < 4.78 is 4.65. The van der Waals surface area contributed by atoms with Crippen LogP contribution in [0.25, 0.3) is 0 Å². The number of carbonyl (C=O) groups excluding carboxylic acids is 2. The molecule has 0 aliphatic carbocycles. The predicted octanol–water partition coefficient (Wildman–Crippen LogP) is 0.300. The van der Waals surface area contributed by atoms with Crippen molar-refractivity contribution in [2.45, 2.75) is 33.2 Å². The molecule has 0 saturated heterocycles. The Morgan fingerprint density at radius 2 is 1.94 bits per heavy atom. The van der Waals surface area contributed by atoms with Crippen molar-refractivity contribution in [2.24, 2.45) is 5.41 Å². The summed E-state index contributed by atoms with van der Waals surface area (Å²) in [6, 6.07) is -0.353. The molecular formula is C11H22N2O3. The zero-order valence-electron chi connectivity index (χ0n) is 10.7. The van der Waals surface area contributed by atoms with E-state index < -0.39 is 5.41 Å². The number of methoxy groups -OCH3 is 1.